The number of anilines is 1. The van der Waals surface area contributed by atoms with Crippen molar-refractivity contribution in [3.8, 4) is 17.5 Å². The van der Waals surface area contributed by atoms with Crippen molar-refractivity contribution < 1.29 is 23.9 Å². The molecule has 2 aromatic rings. The maximum atomic E-state index is 11.2. The van der Waals surface area contributed by atoms with Gasteiger partial charge in [-0.3, -0.25) is 10.1 Å². The van der Waals surface area contributed by atoms with Crippen LogP contribution in [0.1, 0.15) is 18.4 Å². The van der Waals surface area contributed by atoms with E-state index in [0.29, 0.717) is 17.1 Å². The smallest absolute Gasteiger partial charge is 0.330 e. The Kier molecular flexibility index (Phi) is 5.68. The van der Waals surface area contributed by atoms with Crippen molar-refractivity contribution in [2.45, 2.75) is 18.9 Å². The lowest BCUT2D eigenvalue weighted by atomic mass is 10.2. The fourth-order valence-corrected chi connectivity index (χ4v) is 2.27. The Hall–Kier alpha value is -3.69. The molecule has 1 aliphatic rings. The molecule has 1 saturated carbocycles. The molecule has 0 bridgehead atoms. The van der Waals surface area contributed by atoms with Gasteiger partial charge in [0.2, 0.25) is 5.82 Å². The molecule has 1 fully saturated rings. The van der Waals surface area contributed by atoms with Crippen LogP contribution < -0.4 is 14.8 Å². The second-order valence-corrected chi connectivity index (χ2v) is 5.93. The Morgan fingerprint density at radius 1 is 1.32 bits per heavy atom. The zero-order valence-corrected chi connectivity index (χ0v) is 15.2. The lowest BCUT2D eigenvalue weighted by molar-refractivity contribution is -0.384. The minimum atomic E-state index is -0.544. The van der Waals surface area contributed by atoms with Gasteiger partial charge in [-0.2, -0.15) is 9.97 Å². The van der Waals surface area contributed by atoms with Crippen molar-refractivity contribution in [3.63, 3.8) is 0 Å². The van der Waals surface area contributed by atoms with Crippen LogP contribution in [0.2, 0.25) is 0 Å². The van der Waals surface area contributed by atoms with Crippen molar-refractivity contribution in [1.82, 2.24) is 9.97 Å². The Morgan fingerprint density at radius 3 is 2.75 bits per heavy atom. The Labute approximate surface area is 160 Å². The van der Waals surface area contributed by atoms with Gasteiger partial charge in [-0.25, -0.2) is 4.79 Å². The monoisotopic (exact) mass is 386 g/mol. The van der Waals surface area contributed by atoms with Gasteiger partial charge in [0.15, 0.2) is 11.5 Å². The highest BCUT2D eigenvalue weighted by Gasteiger charge is 2.27. The van der Waals surface area contributed by atoms with Crippen LogP contribution in [-0.2, 0) is 9.53 Å². The molecule has 0 saturated heterocycles. The van der Waals surface area contributed by atoms with E-state index in [1.54, 1.807) is 24.3 Å². The minimum absolute atomic E-state index is 0.0510. The summed E-state index contributed by atoms with van der Waals surface area (Å²) in [6, 6.07) is 5.10. The first-order valence-electron chi connectivity index (χ1n) is 8.40. The molecule has 10 nitrogen and oxygen atoms in total. The fraction of sp³-hybridized carbons (Fsp3) is 0.278. The maximum absolute atomic E-state index is 11.2. The van der Waals surface area contributed by atoms with Crippen LogP contribution in [0.3, 0.4) is 0 Å². The summed E-state index contributed by atoms with van der Waals surface area (Å²) < 4.78 is 15.5. The molecule has 3 rings (SSSR count). The maximum Gasteiger partial charge on any atom is 0.330 e. The Morgan fingerprint density at radius 2 is 2.11 bits per heavy atom. The van der Waals surface area contributed by atoms with Gasteiger partial charge >= 0.3 is 17.7 Å². The molecular weight excluding hydrogens is 368 g/mol. The molecule has 146 valence electrons. The second-order valence-electron chi connectivity index (χ2n) is 5.93. The number of benzene rings is 1. The SMILES string of the molecule is COC(=O)/C=C/c1ccc(Oc2ncc([N+](=O)[O-])c(NC3CC3)n2)c(OC)c1. The van der Waals surface area contributed by atoms with Crippen LogP contribution in [0.25, 0.3) is 6.08 Å². The number of carbonyl (C=O) groups is 1. The normalized spacial score (nSPS) is 13.2. The van der Waals surface area contributed by atoms with Crippen molar-refractivity contribution in [2.24, 2.45) is 0 Å². The first kappa shape index (κ1) is 19.1. The van der Waals surface area contributed by atoms with Gasteiger partial charge in [-0.15, -0.1) is 0 Å². The third kappa shape index (κ3) is 4.72. The molecule has 1 aliphatic carbocycles. The van der Waals surface area contributed by atoms with E-state index in [-0.39, 0.29) is 23.6 Å². The van der Waals surface area contributed by atoms with Crippen molar-refractivity contribution in [2.75, 3.05) is 19.5 Å². The summed E-state index contributed by atoms with van der Waals surface area (Å²) >= 11 is 0. The Balaban J connectivity index is 1.83. The molecule has 0 aliphatic heterocycles. The van der Waals surface area contributed by atoms with Gasteiger partial charge in [-0.05, 0) is 36.6 Å². The standard InChI is InChI=1S/C18H18N4O6/c1-26-15-9-11(4-8-16(23)27-2)3-7-14(15)28-18-19-10-13(22(24)25)17(21-18)20-12-5-6-12/h3-4,7-10,12H,5-6H2,1-2H3,(H,19,20,21)/b8-4+. The molecule has 0 atom stereocenters. The van der Waals surface area contributed by atoms with Crippen LogP contribution in [0.4, 0.5) is 11.5 Å². The van der Waals surface area contributed by atoms with Crippen LogP contribution in [-0.4, -0.2) is 41.1 Å². The average molecular weight is 386 g/mol. The number of esters is 1. The van der Waals surface area contributed by atoms with E-state index in [9.17, 15) is 14.9 Å². The second kappa shape index (κ2) is 8.33. The van der Waals surface area contributed by atoms with E-state index in [2.05, 4.69) is 20.0 Å². The molecular formula is C18H18N4O6. The largest absolute Gasteiger partial charge is 0.493 e. The predicted molar refractivity (Wildman–Crippen MR) is 99.4 cm³/mol. The fourth-order valence-electron chi connectivity index (χ4n) is 2.27. The molecule has 10 heteroatoms. The minimum Gasteiger partial charge on any atom is -0.493 e. The zero-order valence-electron chi connectivity index (χ0n) is 15.2. The third-order valence-corrected chi connectivity index (χ3v) is 3.86. The summed E-state index contributed by atoms with van der Waals surface area (Å²) in [6.07, 6.45) is 5.83. The van der Waals surface area contributed by atoms with Crippen LogP contribution in [0.5, 0.6) is 17.5 Å². The predicted octanol–water partition coefficient (Wildman–Crippen LogP) is 2.95. The van der Waals surface area contributed by atoms with E-state index in [1.807, 2.05) is 0 Å². The van der Waals surface area contributed by atoms with Gasteiger partial charge < -0.3 is 19.5 Å². The van der Waals surface area contributed by atoms with Gasteiger partial charge in [0, 0.05) is 12.1 Å². The highest BCUT2D eigenvalue weighted by Crippen LogP contribution is 2.34. The van der Waals surface area contributed by atoms with Gasteiger partial charge in [0.25, 0.3) is 0 Å². The summed E-state index contributed by atoms with van der Waals surface area (Å²) in [5, 5.41) is 14.2. The molecule has 1 aromatic heterocycles. The van der Waals surface area contributed by atoms with E-state index >= 15 is 0 Å². The van der Waals surface area contributed by atoms with E-state index in [0.717, 1.165) is 19.0 Å². The molecule has 1 N–H and O–H groups in total. The van der Waals surface area contributed by atoms with Crippen LogP contribution >= 0.6 is 0 Å². The van der Waals surface area contributed by atoms with E-state index in [1.165, 1.54) is 20.3 Å². The number of methoxy groups -OCH3 is 2. The number of nitrogens with one attached hydrogen (secondary N) is 1. The highest BCUT2D eigenvalue weighted by molar-refractivity contribution is 5.87. The number of hydrogen-bond donors (Lipinski definition) is 1. The first-order valence-corrected chi connectivity index (χ1v) is 8.40. The average Bonchev–Trinajstić information content (AvgIpc) is 3.50. The number of ether oxygens (including phenoxy) is 3. The quantitative estimate of drug-likeness (QED) is 0.315. The van der Waals surface area contributed by atoms with Crippen molar-refractivity contribution in [3.05, 3.63) is 46.1 Å². The third-order valence-electron chi connectivity index (χ3n) is 3.86. The molecule has 28 heavy (non-hydrogen) atoms. The lowest BCUT2D eigenvalue weighted by Crippen LogP contribution is -2.08. The van der Waals surface area contributed by atoms with Crippen LogP contribution in [0.15, 0.2) is 30.5 Å². The lowest BCUT2D eigenvalue weighted by Gasteiger charge is -2.11. The van der Waals surface area contributed by atoms with Gasteiger partial charge in [0.1, 0.15) is 6.20 Å². The number of carbonyl (C=O) groups excluding carboxylic acids is 1. The number of nitro groups is 1. The van der Waals surface area contributed by atoms with E-state index in [4.69, 9.17) is 9.47 Å². The van der Waals surface area contributed by atoms with Crippen molar-refractivity contribution >= 4 is 23.6 Å². The van der Waals surface area contributed by atoms with Gasteiger partial charge in [-0.1, -0.05) is 6.07 Å². The topological polar surface area (TPSA) is 126 Å². The molecule has 1 aromatic carbocycles. The Bertz CT molecular complexity index is 926. The number of rotatable bonds is 8. The van der Waals surface area contributed by atoms with Gasteiger partial charge in [0.05, 0.1) is 19.1 Å². The summed E-state index contributed by atoms with van der Waals surface area (Å²) in [5.41, 5.74) is 0.477. The number of aromatic nitrogens is 2. The number of hydrogen-bond acceptors (Lipinski definition) is 9. The summed E-state index contributed by atoms with van der Waals surface area (Å²) in [5.74, 6) is 0.345. The number of nitrogens with zero attached hydrogens (tertiary/aromatic N) is 3. The summed E-state index contributed by atoms with van der Waals surface area (Å²) in [7, 11) is 2.76. The van der Waals surface area contributed by atoms with E-state index < -0.39 is 10.9 Å². The van der Waals surface area contributed by atoms with Crippen molar-refractivity contribution in [1.29, 1.82) is 0 Å². The summed E-state index contributed by atoms with van der Waals surface area (Å²) in [6.45, 7) is 0. The summed E-state index contributed by atoms with van der Waals surface area (Å²) in [4.78, 5) is 29.8. The molecule has 0 unspecified atom stereocenters. The molecule has 0 radical (unpaired) electrons. The zero-order chi connectivity index (χ0) is 20.1. The van der Waals surface area contributed by atoms with Crippen LogP contribution in [0, 0.1) is 10.1 Å². The highest BCUT2D eigenvalue weighted by atomic mass is 16.6. The first-order chi connectivity index (χ1) is 13.5. The molecule has 1 heterocycles. The molecule has 0 amide bonds. The molecule has 0 spiro atoms.